The maximum atomic E-state index is 11.4. The first-order valence-electron chi connectivity index (χ1n) is 4.62. The zero-order valence-corrected chi connectivity index (χ0v) is 9.87. The maximum absolute atomic E-state index is 11.4. The van der Waals surface area contributed by atoms with Crippen LogP contribution in [-0.2, 0) is 4.79 Å². The molecule has 15 heavy (non-hydrogen) atoms. The minimum Gasteiger partial charge on any atom is -0.481 e. The molecule has 0 rings (SSSR count). The highest BCUT2D eigenvalue weighted by atomic mass is 16.4. The van der Waals surface area contributed by atoms with Gasteiger partial charge in [-0.05, 0) is 13.8 Å². The van der Waals surface area contributed by atoms with Gasteiger partial charge in [-0.1, -0.05) is 0 Å². The van der Waals surface area contributed by atoms with Crippen molar-refractivity contribution in [2.45, 2.75) is 13.8 Å². The van der Waals surface area contributed by atoms with E-state index >= 15 is 0 Å². The number of amides is 2. The van der Waals surface area contributed by atoms with Crippen molar-refractivity contribution in [1.29, 1.82) is 0 Å². The molecule has 2 amide bonds. The van der Waals surface area contributed by atoms with Gasteiger partial charge in [0.15, 0.2) is 0 Å². The van der Waals surface area contributed by atoms with Crippen LogP contribution in [0.1, 0.15) is 13.8 Å². The van der Waals surface area contributed by atoms with Crippen LogP contribution in [0, 0.1) is 5.41 Å². The molecule has 0 aliphatic rings. The van der Waals surface area contributed by atoms with E-state index < -0.39 is 11.4 Å². The van der Waals surface area contributed by atoms with Crippen molar-refractivity contribution in [2.75, 3.05) is 27.7 Å². The number of urea groups is 1. The number of hydrazine groups is 1. The molecule has 0 radical (unpaired) electrons. The van der Waals surface area contributed by atoms with E-state index in [1.165, 1.54) is 12.1 Å². The van der Waals surface area contributed by atoms with Gasteiger partial charge >= 0.3 is 12.0 Å². The molecule has 2 N–H and O–H groups in total. The topological polar surface area (TPSA) is 72.9 Å². The quantitative estimate of drug-likeness (QED) is 0.660. The second kappa shape index (κ2) is 4.97. The molecule has 0 atom stereocenters. The van der Waals surface area contributed by atoms with Gasteiger partial charge in [0.2, 0.25) is 0 Å². The third-order valence-corrected chi connectivity index (χ3v) is 2.06. The Balaban J connectivity index is 4.69. The molecule has 0 saturated heterocycles. The van der Waals surface area contributed by atoms with E-state index in [0.29, 0.717) is 0 Å². The molecule has 0 saturated carbocycles. The normalized spacial score (nSPS) is 11.3. The molecule has 0 aromatic rings. The van der Waals surface area contributed by atoms with E-state index in [4.69, 9.17) is 5.11 Å². The predicted octanol–water partition coefficient (Wildman–Crippen LogP) is 0.215. The van der Waals surface area contributed by atoms with Crippen LogP contribution in [0.25, 0.3) is 0 Å². The Bertz CT molecular complexity index is 251. The van der Waals surface area contributed by atoms with Gasteiger partial charge < -0.3 is 10.4 Å². The summed E-state index contributed by atoms with van der Waals surface area (Å²) < 4.78 is 0. The number of nitrogens with one attached hydrogen (secondary N) is 1. The standard InChI is InChI=1S/C9H19N3O3/c1-9(2,7(13)14)6-12(11(4)5)8(15)10-3/h6H2,1-5H3,(H,10,15)(H,13,14). The fourth-order valence-electron chi connectivity index (χ4n) is 0.966. The fraction of sp³-hybridized carbons (Fsp3) is 0.778. The van der Waals surface area contributed by atoms with E-state index in [1.807, 2.05) is 0 Å². The Labute approximate surface area is 89.8 Å². The Morgan fingerprint density at radius 1 is 1.33 bits per heavy atom. The first kappa shape index (κ1) is 13.7. The summed E-state index contributed by atoms with van der Waals surface area (Å²) in [4.78, 5) is 22.3. The zero-order valence-electron chi connectivity index (χ0n) is 9.87. The van der Waals surface area contributed by atoms with Crippen molar-refractivity contribution in [3.63, 3.8) is 0 Å². The van der Waals surface area contributed by atoms with E-state index in [9.17, 15) is 9.59 Å². The van der Waals surface area contributed by atoms with Crippen molar-refractivity contribution in [3.05, 3.63) is 0 Å². The monoisotopic (exact) mass is 217 g/mol. The van der Waals surface area contributed by atoms with Crippen molar-refractivity contribution < 1.29 is 14.7 Å². The highest BCUT2D eigenvalue weighted by molar-refractivity contribution is 5.77. The van der Waals surface area contributed by atoms with Crippen LogP contribution >= 0.6 is 0 Å². The molecule has 6 nitrogen and oxygen atoms in total. The third kappa shape index (κ3) is 3.75. The van der Waals surface area contributed by atoms with Crippen LogP contribution in [0.5, 0.6) is 0 Å². The largest absolute Gasteiger partial charge is 0.481 e. The summed E-state index contributed by atoms with van der Waals surface area (Å²) in [7, 11) is 4.88. The van der Waals surface area contributed by atoms with Gasteiger partial charge in [0, 0.05) is 21.1 Å². The molecule has 88 valence electrons. The molecule has 0 aromatic carbocycles. The predicted molar refractivity (Wildman–Crippen MR) is 56.3 cm³/mol. The van der Waals surface area contributed by atoms with Gasteiger partial charge in [0.25, 0.3) is 0 Å². The number of hydrogen-bond acceptors (Lipinski definition) is 3. The zero-order chi connectivity index (χ0) is 12.2. The lowest BCUT2D eigenvalue weighted by molar-refractivity contribution is -0.149. The highest BCUT2D eigenvalue weighted by Crippen LogP contribution is 2.17. The fourth-order valence-corrected chi connectivity index (χ4v) is 0.966. The van der Waals surface area contributed by atoms with Gasteiger partial charge in [-0.15, -0.1) is 0 Å². The second-order valence-electron chi connectivity index (χ2n) is 4.15. The van der Waals surface area contributed by atoms with Crippen molar-refractivity contribution in [1.82, 2.24) is 15.3 Å². The minimum atomic E-state index is -0.975. The number of rotatable bonds is 4. The number of hydrogen-bond donors (Lipinski definition) is 2. The highest BCUT2D eigenvalue weighted by Gasteiger charge is 2.32. The molecule has 0 fully saturated rings. The second-order valence-corrected chi connectivity index (χ2v) is 4.15. The molecule has 0 aromatic heterocycles. The number of nitrogens with zero attached hydrogens (tertiary/aromatic N) is 2. The summed E-state index contributed by atoms with van der Waals surface area (Å²) in [5.74, 6) is -0.932. The van der Waals surface area contributed by atoms with E-state index in [2.05, 4.69) is 5.32 Å². The summed E-state index contributed by atoms with van der Waals surface area (Å²) in [6.07, 6.45) is 0. The number of aliphatic carboxylic acids is 1. The molecule has 0 bridgehead atoms. The Morgan fingerprint density at radius 2 is 1.80 bits per heavy atom. The average Bonchev–Trinajstić information content (AvgIpc) is 2.12. The van der Waals surface area contributed by atoms with E-state index in [0.717, 1.165) is 0 Å². The summed E-state index contributed by atoms with van der Waals surface area (Å²) >= 11 is 0. The van der Waals surface area contributed by atoms with Crippen LogP contribution in [0.3, 0.4) is 0 Å². The summed E-state index contributed by atoms with van der Waals surface area (Å²) in [5, 5.41) is 14.3. The summed E-state index contributed by atoms with van der Waals surface area (Å²) in [6, 6.07) is -0.325. The molecule has 0 aliphatic heterocycles. The smallest absolute Gasteiger partial charge is 0.331 e. The average molecular weight is 217 g/mol. The first-order valence-corrected chi connectivity index (χ1v) is 4.62. The lowest BCUT2D eigenvalue weighted by atomic mass is 9.94. The van der Waals surface area contributed by atoms with Gasteiger partial charge in [0.05, 0.1) is 12.0 Å². The lowest BCUT2D eigenvalue weighted by Gasteiger charge is -2.33. The number of carbonyl (C=O) groups excluding carboxylic acids is 1. The third-order valence-electron chi connectivity index (χ3n) is 2.06. The van der Waals surface area contributed by atoms with Gasteiger partial charge in [0.1, 0.15) is 0 Å². The van der Waals surface area contributed by atoms with Gasteiger partial charge in [-0.25, -0.2) is 9.80 Å². The molecular weight excluding hydrogens is 198 g/mol. The van der Waals surface area contributed by atoms with Crippen LogP contribution in [-0.4, -0.2) is 54.8 Å². The minimum absolute atomic E-state index is 0.120. The molecule has 0 aliphatic carbocycles. The number of carboxylic acids is 1. The number of carboxylic acid groups (broad SMARTS) is 1. The molecule has 0 heterocycles. The first-order chi connectivity index (χ1) is 6.72. The number of carbonyl (C=O) groups is 2. The van der Waals surface area contributed by atoms with Gasteiger partial charge in [-0.3, -0.25) is 9.80 Å². The van der Waals surface area contributed by atoms with Gasteiger partial charge in [-0.2, -0.15) is 0 Å². The van der Waals surface area contributed by atoms with Crippen LogP contribution in [0.2, 0.25) is 0 Å². The van der Waals surface area contributed by atoms with E-state index in [-0.39, 0.29) is 12.6 Å². The van der Waals surface area contributed by atoms with Crippen LogP contribution in [0.15, 0.2) is 0 Å². The molecule has 0 unspecified atom stereocenters. The lowest BCUT2D eigenvalue weighted by Crippen LogP contribution is -2.51. The summed E-state index contributed by atoms with van der Waals surface area (Å²) in [5.41, 5.74) is -0.975. The Kier molecular flexibility index (Phi) is 4.54. The molecule has 6 heteroatoms. The maximum Gasteiger partial charge on any atom is 0.331 e. The Hall–Kier alpha value is -1.30. The van der Waals surface area contributed by atoms with E-state index in [1.54, 1.807) is 33.0 Å². The molecular formula is C9H19N3O3. The van der Waals surface area contributed by atoms with Crippen LogP contribution < -0.4 is 5.32 Å². The summed E-state index contributed by atoms with van der Waals surface area (Å²) in [6.45, 7) is 3.28. The SMILES string of the molecule is CNC(=O)N(CC(C)(C)C(=O)O)N(C)C. The van der Waals surface area contributed by atoms with Crippen molar-refractivity contribution >= 4 is 12.0 Å². The van der Waals surface area contributed by atoms with Crippen molar-refractivity contribution in [2.24, 2.45) is 5.41 Å². The Morgan fingerprint density at radius 3 is 2.07 bits per heavy atom. The van der Waals surface area contributed by atoms with Crippen molar-refractivity contribution in [3.8, 4) is 0 Å². The molecule has 0 spiro atoms. The van der Waals surface area contributed by atoms with Crippen LogP contribution in [0.4, 0.5) is 4.79 Å².